The second-order valence-electron chi connectivity index (χ2n) is 9.88. The summed E-state index contributed by atoms with van der Waals surface area (Å²) in [6.07, 6.45) is 9.76. The van der Waals surface area contributed by atoms with E-state index in [9.17, 15) is 0 Å². The first-order valence-corrected chi connectivity index (χ1v) is 13.3. The predicted octanol–water partition coefficient (Wildman–Crippen LogP) is 3.66. The SMILES string of the molecule is COc1cc2c(N[C@H]3CCCNC3)nc(N3CCCC3)nc2cc1OCCCN1CCCCC1. The molecule has 3 saturated heterocycles. The van der Waals surface area contributed by atoms with Gasteiger partial charge in [0.2, 0.25) is 5.95 Å². The van der Waals surface area contributed by atoms with Gasteiger partial charge >= 0.3 is 0 Å². The van der Waals surface area contributed by atoms with Crippen molar-refractivity contribution in [1.82, 2.24) is 20.2 Å². The molecule has 0 spiro atoms. The summed E-state index contributed by atoms with van der Waals surface area (Å²) in [6.45, 7) is 8.32. The number of nitrogens with one attached hydrogen (secondary N) is 2. The van der Waals surface area contributed by atoms with E-state index in [1.54, 1.807) is 7.11 Å². The monoisotopic (exact) mass is 468 g/mol. The van der Waals surface area contributed by atoms with Crippen molar-refractivity contribution >= 4 is 22.7 Å². The van der Waals surface area contributed by atoms with Gasteiger partial charge in [-0.1, -0.05) is 6.42 Å². The number of ether oxygens (including phenoxy) is 2. The molecule has 3 aliphatic heterocycles. The van der Waals surface area contributed by atoms with Crippen molar-refractivity contribution in [1.29, 1.82) is 0 Å². The highest BCUT2D eigenvalue weighted by molar-refractivity contribution is 5.93. The Hall–Kier alpha value is -2.32. The molecule has 0 aliphatic carbocycles. The van der Waals surface area contributed by atoms with Crippen LogP contribution in [0.5, 0.6) is 11.5 Å². The zero-order valence-electron chi connectivity index (χ0n) is 20.7. The Morgan fingerprint density at radius 2 is 1.82 bits per heavy atom. The van der Waals surface area contributed by atoms with Crippen LogP contribution in [0, 0.1) is 0 Å². The molecular weight excluding hydrogens is 428 g/mol. The predicted molar refractivity (Wildman–Crippen MR) is 137 cm³/mol. The number of methoxy groups -OCH3 is 1. The van der Waals surface area contributed by atoms with Crippen LogP contribution in [0.15, 0.2) is 12.1 Å². The maximum atomic E-state index is 6.23. The summed E-state index contributed by atoms with van der Waals surface area (Å²) in [5, 5.41) is 8.19. The molecule has 1 aromatic carbocycles. The van der Waals surface area contributed by atoms with Gasteiger partial charge in [-0.3, -0.25) is 0 Å². The molecule has 1 atom stereocenters. The van der Waals surface area contributed by atoms with Gasteiger partial charge in [-0.15, -0.1) is 0 Å². The number of anilines is 2. The Morgan fingerprint density at radius 1 is 1.00 bits per heavy atom. The van der Waals surface area contributed by atoms with Crippen LogP contribution in [-0.2, 0) is 0 Å². The molecule has 0 radical (unpaired) electrons. The molecule has 34 heavy (non-hydrogen) atoms. The molecule has 4 heterocycles. The van der Waals surface area contributed by atoms with Gasteiger partial charge < -0.3 is 29.9 Å². The maximum absolute atomic E-state index is 6.23. The third-order valence-corrected chi connectivity index (χ3v) is 7.32. The second kappa shape index (κ2) is 11.4. The third kappa shape index (κ3) is 5.66. The highest BCUT2D eigenvalue weighted by Crippen LogP contribution is 2.36. The van der Waals surface area contributed by atoms with E-state index in [0.717, 1.165) is 79.7 Å². The minimum absolute atomic E-state index is 0.370. The minimum Gasteiger partial charge on any atom is -0.493 e. The van der Waals surface area contributed by atoms with Gasteiger partial charge in [0.1, 0.15) is 5.82 Å². The normalized spacial score (nSPS) is 21.7. The summed E-state index contributed by atoms with van der Waals surface area (Å²) in [7, 11) is 1.71. The van der Waals surface area contributed by atoms with Gasteiger partial charge in [0.05, 0.1) is 19.2 Å². The fraction of sp³-hybridized carbons (Fsp3) is 0.692. The lowest BCUT2D eigenvalue weighted by atomic mass is 10.1. The Morgan fingerprint density at radius 3 is 2.59 bits per heavy atom. The van der Waals surface area contributed by atoms with Crippen molar-refractivity contribution in [2.75, 3.05) is 69.7 Å². The van der Waals surface area contributed by atoms with Crippen LogP contribution in [0.25, 0.3) is 10.9 Å². The van der Waals surface area contributed by atoms with Crippen LogP contribution in [0.1, 0.15) is 51.4 Å². The van der Waals surface area contributed by atoms with E-state index in [4.69, 9.17) is 19.4 Å². The minimum atomic E-state index is 0.370. The molecule has 0 bridgehead atoms. The van der Waals surface area contributed by atoms with Gasteiger partial charge in [0.15, 0.2) is 11.5 Å². The molecule has 0 saturated carbocycles. The number of likely N-dealkylation sites (tertiary alicyclic amines) is 1. The van der Waals surface area contributed by atoms with Crippen LogP contribution < -0.4 is 25.0 Å². The molecule has 8 nitrogen and oxygen atoms in total. The van der Waals surface area contributed by atoms with Gasteiger partial charge in [0.25, 0.3) is 0 Å². The van der Waals surface area contributed by atoms with Crippen molar-refractivity contribution < 1.29 is 9.47 Å². The van der Waals surface area contributed by atoms with Gasteiger partial charge in [-0.25, -0.2) is 4.98 Å². The highest BCUT2D eigenvalue weighted by Gasteiger charge is 2.21. The van der Waals surface area contributed by atoms with Crippen LogP contribution in [0.2, 0.25) is 0 Å². The average molecular weight is 469 g/mol. The van der Waals surface area contributed by atoms with Crippen molar-refractivity contribution in [2.45, 2.75) is 57.4 Å². The number of aromatic nitrogens is 2. The molecule has 186 valence electrons. The van der Waals surface area contributed by atoms with Crippen LogP contribution >= 0.6 is 0 Å². The average Bonchev–Trinajstić information content (AvgIpc) is 3.42. The highest BCUT2D eigenvalue weighted by atomic mass is 16.5. The number of nitrogens with zero attached hydrogens (tertiary/aromatic N) is 4. The summed E-state index contributed by atoms with van der Waals surface area (Å²) in [6, 6.07) is 4.46. The lowest BCUT2D eigenvalue weighted by Crippen LogP contribution is -2.38. The Kier molecular flexibility index (Phi) is 7.86. The van der Waals surface area contributed by atoms with Crippen LogP contribution in [0.4, 0.5) is 11.8 Å². The fourth-order valence-electron chi connectivity index (χ4n) is 5.39. The van der Waals surface area contributed by atoms with E-state index in [0.29, 0.717) is 12.6 Å². The second-order valence-corrected chi connectivity index (χ2v) is 9.88. The molecule has 3 fully saturated rings. The molecular formula is C26H40N6O2. The number of rotatable bonds is 9. The number of piperidine rings is 2. The Bertz CT molecular complexity index is 937. The molecule has 0 unspecified atom stereocenters. The van der Waals surface area contributed by atoms with E-state index >= 15 is 0 Å². The summed E-state index contributed by atoms with van der Waals surface area (Å²) in [5.74, 6) is 3.23. The van der Waals surface area contributed by atoms with Gasteiger partial charge in [0, 0.05) is 43.7 Å². The molecule has 8 heteroatoms. The van der Waals surface area contributed by atoms with Crippen molar-refractivity contribution in [3.63, 3.8) is 0 Å². The summed E-state index contributed by atoms with van der Waals surface area (Å²) < 4.78 is 12.0. The topological polar surface area (TPSA) is 74.8 Å². The molecule has 0 amide bonds. The van der Waals surface area contributed by atoms with E-state index in [1.807, 2.05) is 12.1 Å². The van der Waals surface area contributed by atoms with Crippen molar-refractivity contribution in [3.05, 3.63) is 12.1 Å². The van der Waals surface area contributed by atoms with Crippen molar-refractivity contribution in [3.8, 4) is 11.5 Å². The Balaban J connectivity index is 1.37. The Labute approximate surface area is 203 Å². The van der Waals surface area contributed by atoms with Crippen LogP contribution in [-0.4, -0.2) is 80.4 Å². The number of fused-ring (bicyclic) bond motifs is 1. The van der Waals surface area contributed by atoms with E-state index < -0.39 is 0 Å². The zero-order valence-corrected chi connectivity index (χ0v) is 20.7. The van der Waals surface area contributed by atoms with Crippen molar-refractivity contribution in [2.24, 2.45) is 0 Å². The summed E-state index contributed by atoms with van der Waals surface area (Å²) >= 11 is 0. The zero-order chi connectivity index (χ0) is 23.2. The number of benzene rings is 1. The first kappa shape index (κ1) is 23.4. The van der Waals surface area contributed by atoms with E-state index in [2.05, 4.69) is 20.4 Å². The first-order valence-electron chi connectivity index (χ1n) is 13.3. The fourth-order valence-corrected chi connectivity index (χ4v) is 5.39. The molecule has 2 aromatic rings. The summed E-state index contributed by atoms with van der Waals surface area (Å²) in [4.78, 5) is 14.8. The smallest absolute Gasteiger partial charge is 0.227 e. The quantitative estimate of drug-likeness (QED) is 0.540. The molecule has 5 rings (SSSR count). The molecule has 1 aromatic heterocycles. The number of hydrogen-bond donors (Lipinski definition) is 2. The van der Waals surface area contributed by atoms with Gasteiger partial charge in [-0.05, 0) is 70.6 Å². The lowest BCUT2D eigenvalue weighted by molar-refractivity contribution is 0.203. The van der Waals surface area contributed by atoms with E-state index in [-0.39, 0.29) is 0 Å². The van der Waals surface area contributed by atoms with Crippen LogP contribution in [0.3, 0.4) is 0 Å². The number of hydrogen-bond acceptors (Lipinski definition) is 8. The molecule has 3 aliphatic rings. The molecule has 2 N–H and O–H groups in total. The summed E-state index contributed by atoms with van der Waals surface area (Å²) in [5.41, 5.74) is 0.912. The lowest BCUT2D eigenvalue weighted by Gasteiger charge is -2.26. The third-order valence-electron chi connectivity index (χ3n) is 7.32. The largest absolute Gasteiger partial charge is 0.493 e. The first-order chi connectivity index (χ1) is 16.8. The maximum Gasteiger partial charge on any atom is 0.227 e. The van der Waals surface area contributed by atoms with Gasteiger partial charge in [-0.2, -0.15) is 4.98 Å². The standard InChI is InChI=1S/C26H40N6O2/c1-33-23-17-21-22(18-24(23)34-16-8-13-31-11-3-2-4-12-31)29-26(32-14-5-6-15-32)30-25(21)28-20-9-7-10-27-19-20/h17-18,20,27H,2-16,19H2,1H3,(H,28,29,30)/t20-/m0/s1. The van der Waals surface area contributed by atoms with E-state index in [1.165, 1.54) is 51.6 Å².